The molecule has 0 heterocycles. The molecule has 0 spiro atoms. The largest absolute Gasteiger partial charge is 0.465 e. The highest BCUT2D eigenvalue weighted by Gasteiger charge is 2.22. The zero-order valence-corrected chi connectivity index (χ0v) is 9.75. The summed E-state index contributed by atoms with van der Waals surface area (Å²) in [7, 11) is 1.23. The van der Waals surface area contributed by atoms with Crippen molar-refractivity contribution >= 4 is 29.0 Å². The van der Waals surface area contributed by atoms with Gasteiger partial charge < -0.3 is 10.5 Å². The first-order valence-electron chi connectivity index (χ1n) is 4.64. The van der Waals surface area contributed by atoms with E-state index < -0.39 is 11.3 Å². The molecule has 1 aromatic rings. The predicted octanol–water partition coefficient (Wildman–Crippen LogP) is 1.87. The van der Waals surface area contributed by atoms with Crippen molar-refractivity contribution in [1.29, 1.82) is 0 Å². The third kappa shape index (κ3) is 2.33. The number of methoxy groups -OCH3 is 1. The molecule has 0 amide bonds. The van der Waals surface area contributed by atoms with Gasteiger partial charge in [-0.1, -0.05) is 12.1 Å². The molecule has 0 aromatic heterocycles. The Kier molecular flexibility index (Phi) is 3.90. The highest BCUT2D eigenvalue weighted by atomic mass is 35.5. The van der Waals surface area contributed by atoms with Crippen LogP contribution in [0.5, 0.6) is 0 Å². The maximum Gasteiger partial charge on any atom is 0.340 e. The summed E-state index contributed by atoms with van der Waals surface area (Å²) >= 11 is 5.69. The van der Waals surface area contributed by atoms with Crippen molar-refractivity contribution < 1.29 is 14.3 Å². The maximum atomic E-state index is 11.7. The number of alkyl halides is 1. The molecule has 0 aliphatic rings. The van der Waals surface area contributed by atoms with Gasteiger partial charge in [0.2, 0.25) is 0 Å². The van der Waals surface area contributed by atoms with Crippen molar-refractivity contribution in [2.24, 2.45) is 0 Å². The molecular formula is C11H12ClNO3. The first-order valence-corrected chi connectivity index (χ1v) is 5.07. The zero-order valence-electron chi connectivity index (χ0n) is 8.99. The van der Waals surface area contributed by atoms with Gasteiger partial charge in [-0.05, 0) is 13.0 Å². The highest BCUT2D eigenvalue weighted by Crippen LogP contribution is 2.20. The Hall–Kier alpha value is -1.55. The fraction of sp³-hybridized carbons (Fsp3) is 0.273. The second-order valence-corrected chi connectivity index (χ2v) is 3.90. The standard InChI is InChI=1S/C11H12ClNO3/c1-6(12)10(14)7-4-3-5-8(13)9(7)11(15)16-2/h3-6H,13H2,1-2H3. The van der Waals surface area contributed by atoms with Crippen LogP contribution in [0.25, 0.3) is 0 Å². The molecule has 1 atom stereocenters. The van der Waals surface area contributed by atoms with Gasteiger partial charge in [-0.15, -0.1) is 11.6 Å². The lowest BCUT2D eigenvalue weighted by Gasteiger charge is -2.10. The summed E-state index contributed by atoms with van der Waals surface area (Å²) in [5.41, 5.74) is 6.10. The summed E-state index contributed by atoms with van der Waals surface area (Å²) in [6.07, 6.45) is 0. The van der Waals surface area contributed by atoms with Crippen molar-refractivity contribution in [3.8, 4) is 0 Å². The number of carbonyl (C=O) groups excluding carboxylic acids is 2. The summed E-state index contributed by atoms with van der Waals surface area (Å²) in [5, 5.41) is -0.717. The minimum Gasteiger partial charge on any atom is -0.465 e. The van der Waals surface area contributed by atoms with Gasteiger partial charge in [-0.2, -0.15) is 0 Å². The van der Waals surface area contributed by atoms with Crippen molar-refractivity contribution in [3.63, 3.8) is 0 Å². The number of esters is 1. The normalized spacial score (nSPS) is 11.9. The first-order chi connectivity index (χ1) is 7.49. The van der Waals surface area contributed by atoms with E-state index in [2.05, 4.69) is 4.74 Å². The van der Waals surface area contributed by atoms with Gasteiger partial charge in [0.15, 0.2) is 5.78 Å². The molecule has 1 aromatic carbocycles. The van der Waals surface area contributed by atoms with E-state index in [1.807, 2.05) is 0 Å². The minimum atomic E-state index is -0.717. The topological polar surface area (TPSA) is 69.4 Å². The Labute approximate surface area is 98.3 Å². The van der Waals surface area contributed by atoms with Crippen molar-refractivity contribution in [2.75, 3.05) is 12.8 Å². The van der Waals surface area contributed by atoms with Gasteiger partial charge >= 0.3 is 5.97 Å². The number of anilines is 1. The molecule has 0 fully saturated rings. The quantitative estimate of drug-likeness (QED) is 0.380. The van der Waals surface area contributed by atoms with E-state index >= 15 is 0 Å². The summed E-state index contributed by atoms with van der Waals surface area (Å²) in [5.74, 6) is -0.992. The van der Waals surface area contributed by atoms with Crippen LogP contribution in [0.2, 0.25) is 0 Å². The number of rotatable bonds is 3. The fourth-order valence-electron chi connectivity index (χ4n) is 1.32. The number of nitrogens with two attached hydrogens (primary N) is 1. The molecule has 0 radical (unpaired) electrons. The van der Waals surface area contributed by atoms with Crippen LogP contribution in [0.1, 0.15) is 27.6 Å². The highest BCUT2D eigenvalue weighted by molar-refractivity contribution is 6.34. The number of Topliss-reactive ketones (excluding diaryl/α,β-unsaturated/α-hetero) is 1. The van der Waals surface area contributed by atoms with Crippen LogP contribution < -0.4 is 5.73 Å². The van der Waals surface area contributed by atoms with E-state index in [1.54, 1.807) is 6.07 Å². The van der Waals surface area contributed by atoms with Crippen LogP contribution in [-0.2, 0) is 4.74 Å². The second-order valence-electron chi connectivity index (χ2n) is 3.24. The van der Waals surface area contributed by atoms with Crippen LogP contribution in [-0.4, -0.2) is 24.2 Å². The smallest absolute Gasteiger partial charge is 0.340 e. The van der Waals surface area contributed by atoms with Crippen LogP contribution in [0.4, 0.5) is 5.69 Å². The van der Waals surface area contributed by atoms with E-state index in [-0.39, 0.29) is 22.6 Å². The van der Waals surface area contributed by atoms with Crippen molar-refractivity contribution in [1.82, 2.24) is 0 Å². The monoisotopic (exact) mass is 241 g/mol. The lowest BCUT2D eigenvalue weighted by molar-refractivity contribution is 0.0598. The predicted molar refractivity (Wildman–Crippen MR) is 61.8 cm³/mol. The fourth-order valence-corrected chi connectivity index (χ4v) is 1.44. The van der Waals surface area contributed by atoms with E-state index in [0.29, 0.717) is 0 Å². The number of benzene rings is 1. The van der Waals surface area contributed by atoms with Crippen LogP contribution in [0.15, 0.2) is 18.2 Å². The van der Waals surface area contributed by atoms with E-state index in [1.165, 1.54) is 26.2 Å². The van der Waals surface area contributed by atoms with Crippen LogP contribution in [0, 0.1) is 0 Å². The SMILES string of the molecule is COC(=O)c1c(N)cccc1C(=O)C(C)Cl. The zero-order chi connectivity index (χ0) is 12.3. The van der Waals surface area contributed by atoms with Gasteiger partial charge in [0.1, 0.15) is 0 Å². The number of nitrogen functional groups attached to an aromatic ring is 1. The first kappa shape index (κ1) is 12.5. The Morgan fingerprint density at radius 1 is 1.44 bits per heavy atom. The molecule has 5 heteroatoms. The molecule has 86 valence electrons. The molecule has 4 nitrogen and oxygen atoms in total. The van der Waals surface area contributed by atoms with Gasteiger partial charge in [-0.3, -0.25) is 4.79 Å². The Bertz CT molecular complexity index is 429. The molecule has 1 rings (SSSR count). The summed E-state index contributed by atoms with van der Waals surface area (Å²) in [4.78, 5) is 23.2. The Morgan fingerprint density at radius 3 is 2.56 bits per heavy atom. The maximum absolute atomic E-state index is 11.7. The molecule has 16 heavy (non-hydrogen) atoms. The lowest BCUT2D eigenvalue weighted by Crippen LogP contribution is -2.18. The molecule has 0 bridgehead atoms. The molecular weight excluding hydrogens is 230 g/mol. The second kappa shape index (κ2) is 4.99. The molecule has 0 aliphatic heterocycles. The Balaban J connectivity index is 3.34. The molecule has 0 saturated heterocycles. The summed E-state index contributed by atoms with van der Waals surface area (Å²) in [6, 6.07) is 4.63. The third-order valence-electron chi connectivity index (χ3n) is 2.11. The summed E-state index contributed by atoms with van der Waals surface area (Å²) < 4.78 is 4.57. The average molecular weight is 242 g/mol. The minimum absolute atomic E-state index is 0.0718. The number of ether oxygens (including phenoxy) is 1. The van der Waals surface area contributed by atoms with E-state index in [0.717, 1.165) is 0 Å². The van der Waals surface area contributed by atoms with Crippen molar-refractivity contribution in [2.45, 2.75) is 12.3 Å². The molecule has 0 saturated carbocycles. The van der Waals surface area contributed by atoms with Crippen LogP contribution >= 0.6 is 11.6 Å². The number of carbonyl (C=O) groups is 2. The van der Waals surface area contributed by atoms with E-state index in [4.69, 9.17) is 17.3 Å². The molecule has 2 N–H and O–H groups in total. The van der Waals surface area contributed by atoms with Gasteiger partial charge in [-0.25, -0.2) is 4.79 Å². The van der Waals surface area contributed by atoms with Crippen molar-refractivity contribution in [3.05, 3.63) is 29.3 Å². The number of hydrogen-bond acceptors (Lipinski definition) is 4. The average Bonchev–Trinajstić information content (AvgIpc) is 2.26. The van der Waals surface area contributed by atoms with Gasteiger partial charge in [0, 0.05) is 11.3 Å². The van der Waals surface area contributed by atoms with Gasteiger partial charge in [0.05, 0.1) is 18.1 Å². The number of ketones is 1. The van der Waals surface area contributed by atoms with Gasteiger partial charge in [0.25, 0.3) is 0 Å². The Morgan fingerprint density at radius 2 is 2.06 bits per heavy atom. The molecule has 1 unspecified atom stereocenters. The van der Waals surface area contributed by atoms with Crippen LogP contribution in [0.3, 0.4) is 0 Å². The summed E-state index contributed by atoms with van der Waals surface area (Å²) in [6.45, 7) is 1.54. The third-order valence-corrected chi connectivity index (χ3v) is 2.31. The lowest BCUT2D eigenvalue weighted by atomic mass is 10.0. The number of hydrogen-bond donors (Lipinski definition) is 1. The van der Waals surface area contributed by atoms with E-state index in [9.17, 15) is 9.59 Å². The number of halogens is 1. The molecule has 0 aliphatic carbocycles.